The van der Waals surface area contributed by atoms with Crippen LogP contribution in [0.3, 0.4) is 0 Å². The molecule has 0 bridgehead atoms. The molecular weight excluding hydrogens is 420 g/mol. The lowest BCUT2D eigenvalue weighted by molar-refractivity contribution is -0.0383. The second kappa shape index (κ2) is 11.6. The van der Waals surface area contributed by atoms with Gasteiger partial charge in [0.05, 0.1) is 12.2 Å². The fourth-order valence-corrected chi connectivity index (χ4v) is 3.45. The van der Waals surface area contributed by atoms with E-state index in [2.05, 4.69) is 28.9 Å². The molecule has 0 heterocycles. The van der Waals surface area contributed by atoms with Crippen LogP contribution in [0.1, 0.15) is 72.8 Å². The molecule has 1 aromatic carbocycles. The molecule has 3 N–H and O–H groups in total. The third-order valence-electron chi connectivity index (χ3n) is 4.57. The molecule has 0 aliphatic heterocycles. The number of carbonyl (C=O) groups is 1. The number of allylic oxidation sites excluding steroid dienone is 3. The van der Waals surface area contributed by atoms with E-state index < -0.39 is 11.7 Å². The van der Waals surface area contributed by atoms with Crippen molar-refractivity contribution in [2.24, 2.45) is 0 Å². The molecule has 1 unspecified atom stereocenters. The topological polar surface area (TPSA) is 89.1 Å². The summed E-state index contributed by atoms with van der Waals surface area (Å²) < 4.78 is 17.1. The molecule has 1 aromatic rings. The van der Waals surface area contributed by atoms with Crippen molar-refractivity contribution >= 4 is 17.5 Å². The first-order chi connectivity index (χ1) is 15.3. The number of nitrogens with one attached hydrogen (secondary N) is 2. The zero-order chi connectivity index (χ0) is 24.6. The zero-order valence-corrected chi connectivity index (χ0v) is 21.0. The molecule has 33 heavy (non-hydrogen) atoms. The summed E-state index contributed by atoms with van der Waals surface area (Å²) in [6, 6.07) is 5.91. The lowest BCUT2D eigenvalue weighted by Crippen LogP contribution is -2.30. The Morgan fingerprint density at radius 2 is 1.82 bits per heavy atom. The number of amides is 1. The smallest absolute Gasteiger partial charge is 0.412 e. The van der Waals surface area contributed by atoms with Gasteiger partial charge in [0, 0.05) is 30.3 Å². The standard InChI is InChI=1S/C26H40N2O5/c1-18(32-25(2,3)4)27-21-15-20(16-22(17-21)28-24(30)33-26(5,6)7)19-9-11-23(12-10-19)31-14-8-13-29/h9,11-12,15-19,27,29H,8,10,13-14H2,1-7H3,(H,28,30)/t18-,19?/m0/s1. The molecule has 0 saturated carbocycles. The molecule has 1 aliphatic rings. The van der Waals surface area contributed by atoms with Crippen LogP contribution in [0.25, 0.3) is 0 Å². The van der Waals surface area contributed by atoms with Crippen LogP contribution in [0.15, 0.2) is 42.2 Å². The van der Waals surface area contributed by atoms with Gasteiger partial charge >= 0.3 is 6.09 Å². The Bertz CT molecular complexity index is 849. The van der Waals surface area contributed by atoms with Gasteiger partial charge in [0.1, 0.15) is 17.6 Å². The van der Waals surface area contributed by atoms with Crippen molar-refractivity contribution in [3.63, 3.8) is 0 Å². The summed E-state index contributed by atoms with van der Waals surface area (Å²) in [4.78, 5) is 12.4. The van der Waals surface area contributed by atoms with Crippen molar-refractivity contribution in [2.75, 3.05) is 23.8 Å². The van der Waals surface area contributed by atoms with Crippen LogP contribution in [-0.2, 0) is 14.2 Å². The maximum Gasteiger partial charge on any atom is 0.412 e. The highest BCUT2D eigenvalue weighted by Crippen LogP contribution is 2.32. The third-order valence-corrected chi connectivity index (χ3v) is 4.57. The van der Waals surface area contributed by atoms with Crippen LogP contribution in [0.4, 0.5) is 16.2 Å². The Labute approximate surface area is 198 Å². The summed E-state index contributed by atoms with van der Waals surface area (Å²) >= 11 is 0. The van der Waals surface area contributed by atoms with Crippen molar-refractivity contribution < 1.29 is 24.1 Å². The third kappa shape index (κ3) is 10.3. The number of rotatable bonds is 9. The van der Waals surface area contributed by atoms with Crippen molar-refractivity contribution in [3.05, 3.63) is 47.7 Å². The van der Waals surface area contributed by atoms with E-state index in [1.807, 2.05) is 66.7 Å². The van der Waals surface area contributed by atoms with Gasteiger partial charge in [-0.1, -0.05) is 6.08 Å². The molecule has 0 radical (unpaired) electrons. The fraction of sp³-hybridized carbons (Fsp3) is 0.577. The first kappa shape index (κ1) is 26.7. The summed E-state index contributed by atoms with van der Waals surface area (Å²) in [5, 5.41) is 15.2. The molecule has 7 nitrogen and oxygen atoms in total. The van der Waals surface area contributed by atoms with Crippen LogP contribution in [0, 0.1) is 0 Å². The monoisotopic (exact) mass is 460 g/mol. The Balaban J connectivity index is 2.20. The summed E-state index contributed by atoms with van der Waals surface area (Å²) in [6.07, 6.45) is 6.77. The first-order valence-electron chi connectivity index (χ1n) is 11.6. The Kier molecular flexibility index (Phi) is 9.37. The first-order valence-corrected chi connectivity index (χ1v) is 11.6. The second-order valence-electron chi connectivity index (χ2n) is 10.2. The number of hydrogen-bond acceptors (Lipinski definition) is 6. The Hall–Kier alpha value is -2.51. The summed E-state index contributed by atoms with van der Waals surface area (Å²) in [5.41, 5.74) is 1.68. The second-order valence-corrected chi connectivity index (χ2v) is 10.2. The molecule has 184 valence electrons. The van der Waals surface area contributed by atoms with Crippen LogP contribution >= 0.6 is 0 Å². The van der Waals surface area contributed by atoms with Gasteiger partial charge in [-0.25, -0.2) is 4.79 Å². The molecular formula is C26H40N2O5. The summed E-state index contributed by atoms with van der Waals surface area (Å²) in [7, 11) is 0. The number of benzene rings is 1. The summed E-state index contributed by atoms with van der Waals surface area (Å²) in [5.74, 6) is 0.947. The molecule has 1 aliphatic carbocycles. The van der Waals surface area contributed by atoms with Crippen molar-refractivity contribution in [1.29, 1.82) is 0 Å². The minimum Gasteiger partial charge on any atom is -0.494 e. The maximum atomic E-state index is 12.4. The number of ether oxygens (including phenoxy) is 3. The van der Waals surface area contributed by atoms with E-state index in [4.69, 9.17) is 19.3 Å². The maximum absolute atomic E-state index is 12.4. The van der Waals surface area contributed by atoms with Gasteiger partial charge in [-0.05, 0) is 90.8 Å². The normalized spacial score (nSPS) is 17.2. The highest BCUT2D eigenvalue weighted by atomic mass is 16.6. The van der Waals surface area contributed by atoms with Crippen molar-refractivity contribution in [1.82, 2.24) is 0 Å². The highest BCUT2D eigenvalue weighted by Gasteiger charge is 2.20. The predicted molar refractivity (Wildman–Crippen MR) is 132 cm³/mol. The largest absolute Gasteiger partial charge is 0.494 e. The number of aliphatic hydroxyl groups excluding tert-OH is 1. The Morgan fingerprint density at radius 3 is 2.39 bits per heavy atom. The lowest BCUT2D eigenvalue weighted by atomic mass is 9.91. The molecule has 7 heteroatoms. The van der Waals surface area contributed by atoms with Gasteiger partial charge in [-0.15, -0.1) is 0 Å². The van der Waals surface area contributed by atoms with Crippen LogP contribution < -0.4 is 10.6 Å². The SMILES string of the molecule is C[C@@H](Nc1cc(NC(=O)OC(C)(C)C)cc(C2C=CC(OCCCO)=CC2)c1)OC(C)(C)C. The fourth-order valence-electron chi connectivity index (χ4n) is 3.45. The molecule has 0 fully saturated rings. The van der Waals surface area contributed by atoms with E-state index in [9.17, 15) is 4.79 Å². The van der Waals surface area contributed by atoms with E-state index in [-0.39, 0.29) is 24.4 Å². The minimum atomic E-state index is -0.582. The quantitative estimate of drug-likeness (QED) is 0.312. The van der Waals surface area contributed by atoms with Gasteiger partial charge in [0.25, 0.3) is 0 Å². The van der Waals surface area contributed by atoms with Crippen LogP contribution in [-0.4, -0.2) is 41.8 Å². The van der Waals surface area contributed by atoms with E-state index in [1.165, 1.54) is 0 Å². The average Bonchev–Trinajstić information content (AvgIpc) is 2.65. The van der Waals surface area contributed by atoms with E-state index >= 15 is 0 Å². The van der Waals surface area contributed by atoms with Crippen molar-refractivity contribution in [2.45, 2.75) is 84.7 Å². The minimum absolute atomic E-state index is 0.115. The molecule has 2 atom stereocenters. The van der Waals surface area contributed by atoms with E-state index in [1.54, 1.807) is 0 Å². The van der Waals surface area contributed by atoms with E-state index in [0.717, 1.165) is 23.4 Å². The zero-order valence-electron chi connectivity index (χ0n) is 21.0. The van der Waals surface area contributed by atoms with Crippen LogP contribution in [0.2, 0.25) is 0 Å². The van der Waals surface area contributed by atoms with Gasteiger partial charge in [-0.2, -0.15) is 0 Å². The van der Waals surface area contributed by atoms with Gasteiger partial charge in [0.15, 0.2) is 0 Å². The van der Waals surface area contributed by atoms with Crippen molar-refractivity contribution in [3.8, 4) is 0 Å². The lowest BCUT2D eigenvalue weighted by Gasteiger charge is -2.27. The number of hydrogen-bond donors (Lipinski definition) is 3. The van der Waals surface area contributed by atoms with Crippen LogP contribution in [0.5, 0.6) is 0 Å². The van der Waals surface area contributed by atoms with Gasteiger partial charge in [-0.3, -0.25) is 5.32 Å². The molecule has 0 spiro atoms. The van der Waals surface area contributed by atoms with Gasteiger partial charge < -0.3 is 24.6 Å². The Morgan fingerprint density at radius 1 is 1.12 bits per heavy atom. The molecule has 0 aromatic heterocycles. The van der Waals surface area contributed by atoms with Gasteiger partial charge in [0.2, 0.25) is 0 Å². The number of aliphatic hydroxyl groups is 1. The average molecular weight is 461 g/mol. The molecule has 0 saturated heterocycles. The molecule has 2 rings (SSSR count). The predicted octanol–water partition coefficient (Wildman–Crippen LogP) is 5.93. The molecule has 1 amide bonds. The van der Waals surface area contributed by atoms with E-state index in [0.29, 0.717) is 18.7 Å². The number of carbonyl (C=O) groups excluding carboxylic acids is 1. The highest BCUT2D eigenvalue weighted by molar-refractivity contribution is 5.86. The summed E-state index contributed by atoms with van der Waals surface area (Å²) in [6.45, 7) is 14.1. The number of anilines is 2.